The summed E-state index contributed by atoms with van der Waals surface area (Å²) < 4.78 is 0. The maximum atomic E-state index is 11.5. The normalized spacial score (nSPS) is 29.7. The lowest BCUT2D eigenvalue weighted by Gasteiger charge is -2.40. The first-order valence-corrected chi connectivity index (χ1v) is 10.1. The molecular weight excluding hydrogens is 364 g/mol. The summed E-state index contributed by atoms with van der Waals surface area (Å²) >= 11 is 5.94. The van der Waals surface area contributed by atoms with Gasteiger partial charge >= 0.3 is 6.09 Å². The molecule has 1 aliphatic carbocycles. The third-order valence-corrected chi connectivity index (χ3v) is 6.43. The summed E-state index contributed by atoms with van der Waals surface area (Å²) in [7, 11) is 0. The van der Waals surface area contributed by atoms with Gasteiger partial charge in [0.15, 0.2) is 0 Å². The van der Waals surface area contributed by atoms with Crippen LogP contribution in [0, 0.1) is 11.3 Å². The number of hydrogen-bond donors (Lipinski definition) is 1. The van der Waals surface area contributed by atoms with Crippen LogP contribution >= 0.6 is 11.6 Å². The average molecular weight is 391 g/mol. The van der Waals surface area contributed by atoms with Gasteiger partial charge in [0.25, 0.3) is 0 Å². The highest BCUT2D eigenvalue weighted by atomic mass is 35.5. The third kappa shape index (κ3) is 4.20. The highest BCUT2D eigenvalue weighted by Crippen LogP contribution is 2.40. The molecule has 2 heterocycles. The minimum atomic E-state index is -0.815. The van der Waals surface area contributed by atoms with Crippen molar-refractivity contribution in [2.75, 3.05) is 19.6 Å². The van der Waals surface area contributed by atoms with E-state index in [4.69, 9.17) is 11.6 Å². The fraction of sp³-hybridized carbons (Fsp3) is 0.650. The largest absolute Gasteiger partial charge is 0.465 e. The number of nitrogens with zero attached hydrogens (tertiary/aromatic N) is 4. The van der Waals surface area contributed by atoms with Crippen LogP contribution in [0.25, 0.3) is 0 Å². The molecule has 0 spiro atoms. The number of rotatable bonds is 3. The lowest BCUT2D eigenvalue weighted by atomic mass is 9.71. The first kappa shape index (κ1) is 19.9. The predicted molar refractivity (Wildman–Crippen MR) is 104 cm³/mol. The van der Waals surface area contributed by atoms with Gasteiger partial charge in [-0.15, -0.1) is 0 Å². The Labute approximate surface area is 165 Å². The number of pyridine rings is 1. The van der Waals surface area contributed by atoms with Gasteiger partial charge in [-0.3, -0.25) is 9.88 Å². The van der Waals surface area contributed by atoms with Crippen LogP contribution in [0.15, 0.2) is 18.3 Å². The van der Waals surface area contributed by atoms with Gasteiger partial charge < -0.3 is 10.0 Å². The molecule has 1 N–H and O–H groups in total. The molecule has 2 fully saturated rings. The monoisotopic (exact) mass is 390 g/mol. The molecule has 1 saturated heterocycles. The molecule has 1 aromatic rings. The van der Waals surface area contributed by atoms with E-state index in [1.54, 1.807) is 17.2 Å². The van der Waals surface area contributed by atoms with Gasteiger partial charge in [-0.1, -0.05) is 18.5 Å². The Balaban J connectivity index is 1.68. The van der Waals surface area contributed by atoms with Gasteiger partial charge in [-0.25, -0.2) is 4.79 Å². The Bertz CT molecular complexity index is 695. The van der Waals surface area contributed by atoms with Gasteiger partial charge in [0.1, 0.15) is 0 Å². The third-order valence-electron chi connectivity index (χ3n) is 6.20. The lowest BCUT2D eigenvalue weighted by molar-refractivity contribution is 0.101. The maximum absolute atomic E-state index is 11.5. The Hall–Kier alpha value is -1.84. The van der Waals surface area contributed by atoms with Crippen LogP contribution in [0.3, 0.4) is 0 Å². The number of hydrogen-bond acceptors (Lipinski definition) is 4. The SMILES string of the molecule is CCC1CN(C2CCC(C#N)(c3ccc(Cl)cn3)CC2)CCCN1C(=O)O. The molecule has 1 unspecified atom stereocenters. The highest BCUT2D eigenvalue weighted by molar-refractivity contribution is 6.30. The molecule has 7 heteroatoms. The van der Waals surface area contributed by atoms with Crippen molar-refractivity contribution in [3.8, 4) is 6.07 Å². The molecule has 0 bridgehead atoms. The van der Waals surface area contributed by atoms with E-state index >= 15 is 0 Å². The van der Waals surface area contributed by atoms with Crippen molar-refractivity contribution in [3.63, 3.8) is 0 Å². The van der Waals surface area contributed by atoms with Gasteiger partial charge in [-0.2, -0.15) is 5.26 Å². The Morgan fingerprint density at radius 3 is 2.70 bits per heavy atom. The van der Waals surface area contributed by atoms with Crippen molar-refractivity contribution >= 4 is 17.7 Å². The second-order valence-corrected chi connectivity index (χ2v) is 8.11. The van der Waals surface area contributed by atoms with E-state index in [1.807, 2.05) is 6.07 Å². The van der Waals surface area contributed by atoms with Crippen molar-refractivity contribution in [1.29, 1.82) is 5.26 Å². The van der Waals surface area contributed by atoms with Crippen LogP contribution in [0.2, 0.25) is 5.02 Å². The molecule has 3 rings (SSSR count). The van der Waals surface area contributed by atoms with E-state index in [0.717, 1.165) is 57.3 Å². The van der Waals surface area contributed by atoms with E-state index in [0.29, 0.717) is 17.6 Å². The molecule has 146 valence electrons. The highest BCUT2D eigenvalue weighted by Gasteiger charge is 2.40. The maximum Gasteiger partial charge on any atom is 0.407 e. The van der Waals surface area contributed by atoms with E-state index in [1.165, 1.54) is 0 Å². The minimum absolute atomic E-state index is 0.0468. The number of aromatic nitrogens is 1. The van der Waals surface area contributed by atoms with E-state index in [-0.39, 0.29) is 6.04 Å². The average Bonchev–Trinajstić information content (AvgIpc) is 2.91. The summed E-state index contributed by atoms with van der Waals surface area (Å²) in [5, 5.41) is 19.9. The van der Waals surface area contributed by atoms with Crippen molar-refractivity contribution in [1.82, 2.24) is 14.8 Å². The molecular formula is C20H27ClN4O2. The molecule has 1 amide bonds. The van der Waals surface area contributed by atoms with Crippen molar-refractivity contribution in [3.05, 3.63) is 29.0 Å². The standard InChI is InChI=1S/C20H27ClN4O2/c1-2-16-13-24(10-3-11-25(16)19(26)27)17-6-8-20(14-22,9-7-17)18-5-4-15(21)12-23-18/h4-5,12,16-17H,2-3,6-11,13H2,1H3,(H,26,27). The number of carboxylic acid groups (broad SMARTS) is 1. The number of amides is 1. The summed E-state index contributed by atoms with van der Waals surface area (Å²) in [6, 6.07) is 6.64. The Morgan fingerprint density at radius 2 is 2.15 bits per heavy atom. The quantitative estimate of drug-likeness (QED) is 0.846. The van der Waals surface area contributed by atoms with E-state index < -0.39 is 11.5 Å². The summed E-state index contributed by atoms with van der Waals surface area (Å²) in [4.78, 5) is 20.0. The fourth-order valence-corrected chi connectivity index (χ4v) is 4.68. The molecule has 27 heavy (non-hydrogen) atoms. The number of nitriles is 1. The molecule has 0 aromatic carbocycles. The van der Waals surface area contributed by atoms with Crippen molar-refractivity contribution in [2.45, 2.75) is 62.9 Å². The fourth-order valence-electron chi connectivity index (χ4n) is 4.56. The van der Waals surface area contributed by atoms with Gasteiger partial charge in [-0.05, 0) is 50.7 Å². The zero-order valence-electron chi connectivity index (χ0n) is 15.8. The zero-order chi connectivity index (χ0) is 19.4. The number of halogens is 1. The topological polar surface area (TPSA) is 80.5 Å². The Morgan fingerprint density at radius 1 is 1.41 bits per heavy atom. The summed E-state index contributed by atoms with van der Waals surface area (Å²) in [6.45, 7) is 4.36. The van der Waals surface area contributed by atoms with Gasteiger partial charge in [0, 0.05) is 37.9 Å². The first-order valence-electron chi connectivity index (χ1n) is 9.76. The lowest BCUT2D eigenvalue weighted by Crippen LogP contribution is -2.48. The molecule has 6 nitrogen and oxygen atoms in total. The second-order valence-electron chi connectivity index (χ2n) is 7.67. The molecule has 1 aliphatic heterocycles. The molecule has 1 atom stereocenters. The van der Waals surface area contributed by atoms with Crippen LogP contribution < -0.4 is 0 Å². The molecule has 1 aromatic heterocycles. The molecule has 2 aliphatic rings. The smallest absolute Gasteiger partial charge is 0.407 e. The zero-order valence-corrected chi connectivity index (χ0v) is 16.5. The van der Waals surface area contributed by atoms with Crippen molar-refractivity contribution < 1.29 is 9.90 Å². The molecule has 1 saturated carbocycles. The van der Waals surface area contributed by atoms with E-state index in [9.17, 15) is 15.2 Å². The van der Waals surface area contributed by atoms with Crippen LogP contribution in [0.5, 0.6) is 0 Å². The summed E-state index contributed by atoms with van der Waals surface area (Å²) in [5.74, 6) is 0. The van der Waals surface area contributed by atoms with Crippen LogP contribution in [0.4, 0.5) is 4.79 Å². The number of carbonyl (C=O) groups is 1. The van der Waals surface area contributed by atoms with Crippen LogP contribution in [0.1, 0.15) is 51.1 Å². The minimum Gasteiger partial charge on any atom is -0.465 e. The van der Waals surface area contributed by atoms with Crippen LogP contribution in [-0.2, 0) is 5.41 Å². The predicted octanol–water partition coefficient (Wildman–Crippen LogP) is 3.90. The van der Waals surface area contributed by atoms with Gasteiger partial charge in [0.2, 0.25) is 0 Å². The first-order chi connectivity index (χ1) is 13.0. The van der Waals surface area contributed by atoms with Crippen molar-refractivity contribution in [2.24, 2.45) is 0 Å². The second kappa shape index (κ2) is 8.45. The van der Waals surface area contributed by atoms with E-state index in [2.05, 4.69) is 22.9 Å². The molecule has 0 radical (unpaired) electrons. The summed E-state index contributed by atoms with van der Waals surface area (Å²) in [5.41, 5.74) is 0.275. The van der Waals surface area contributed by atoms with Gasteiger partial charge in [0.05, 0.1) is 22.2 Å². The van der Waals surface area contributed by atoms with Crippen LogP contribution in [-0.4, -0.2) is 57.7 Å². The Kier molecular flexibility index (Phi) is 6.23. The summed E-state index contributed by atoms with van der Waals surface area (Å²) in [6.07, 6.45) is 5.90.